The summed E-state index contributed by atoms with van der Waals surface area (Å²) in [6.07, 6.45) is 5.92. The van der Waals surface area contributed by atoms with Crippen LogP contribution in [0.3, 0.4) is 0 Å². The van der Waals surface area contributed by atoms with Crippen LogP contribution in [-0.2, 0) is 7.05 Å². The van der Waals surface area contributed by atoms with Gasteiger partial charge in [0.15, 0.2) is 6.20 Å². The summed E-state index contributed by atoms with van der Waals surface area (Å²) < 4.78 is 2.15. The Labute approximate surface area is 137 Å². The largest absolute Gasteiger partial charge is 0.240 e. The second kappa shape index (κ2) is 6.29. The van der Waals surface area contributed by atoms with E-state index in [1.54, 1.807) is 0 Å². The van der Waals surface area contributed by atoms with E-state index in [4.69, 9.17) is 0 Å². The van der Waals surface area contributed by atoms with E-state index < -0.39 is 0 Å². The van der Waals surface area contributed by atoms with Crippen LogP contribution in [0.15, 0.2) is 55.0 Å². The molecule has 0 bridgehead atoms. The molecule has 23 heavy (non-hydrogen) atoms. The molecule has 0 aliphatic heterocycles. The third kappa shape index (κ3) is 3.14. The molecule has 3 nitrogen and oxygen atoms in total. The first-order chi connectivity index (χ1) is 11.1. The summed E-state index contributed by atoms with van der Waals surface area (Å²) in [5.41, 5.74) is 5.89. The van der Waals surface area contributed by atoms with Crippen LogP contribution in [0.1, 0.15) is 31.2 Å². The number of aryl methyl sites for hydroxylation is 2. The highest BCUT2D eigenvalue weighted by Crippen LogP contribution is 2.25. The minimum atomic E-state index is 0.347. The van der Waals surface area contributed by atoms with Crippen molar-refractivity contribution < 1.29 is 4.57 Å². The highest BCUT2D eigenvalue weighted by molar-refractivity contribution is 5.69. The van der Waals surface area contributed by atoms with Crippen molar-refractivity contribution in [1.29, 1.82) is 0 Å². The zero-order chi connectivity index (χ0) is 16.4. The van der Waals surface area contributed by atoms with Gasteiger partial charge in [-0.1, -0.05) is 32.0 Å². The van der Waals surface area contributed by atoms with Crippen molar-refractivity contribution in [3.8, 4) is 22.4 Å². The standard InChI is InChI=1S/C20H22N3/c1-14(2)20-21-12-17(13-22-20)16-9-10-23(4)19(11-16)18-8-6-5-7-15(18)3/h5-14H,1-4H3/q+1. The van der Waals surface area contributed by atoms with Crippen molar-refractivity contribution in [2.24, 2.45) is 7.05 Å². The Hall–Kier alpha value is -2.55. The van der Waals surface area contributed by atoms with Gasteiger partial charge in [0.05, 0.1) is 0 Å². The first kappa shape index (κ1) is 15.3. The van der Waals surface area contributed by atoms with Gasteiger partial charge >= 0.3 is 0 Å². The Morgan fingerprint density at radius 3 is 2.30 bits per heavy atom. The molecule has 3 heteroatoms. The van der Waals surface area contributed by atoms with Gasteiger partial charge < -0.3 is 0 Å². The quantitative estimate of drug-likeness (QED) is 0.683. The maximum Gasteiger partial charge on any atom is 0.213 e. The van der Waals surface area contributed by atoms with E-state index in [1.807, 2.05) is 12.4 Å². The lowest BCUT2D eigenvalue weighted by Gasteiger charge is -2.08. The van der Waals surface area contributed by atoms with E-state index in [2.05, 4.69) is 84.9 Å². The highest BCUT2D eigenvalue weighted by Gasteiger charge is 2.14. The lowest BCUT2D eigenvalue weighted by molar-refractivity contribution is -0.660. The second-order valence-electron chi connectivity index (χ2n) is 6.21. The molecule has 0 spiro atoms. The molecule has 0 unspecified atom stereocenters. The average molecular weight is 304 g/mol. The van der Waals surface area contributed by atoms with E-state index in [9.17, 15) is 0 Å². The molecule has 0 radical (unpaired) electrons. The van der Waals surface area contributed by atoms with Gasteiger partial charge in [0.25, 0.3) is 0 Å². The summed E-state index contributed by atoms with van der Waals surface area (Å²) in [6, 6.07) is 12.8. The van der Waals surface area contributed by atoms with Crippen LogP contribution in [0.4, 0.5) is 0 Å². The molecule has 0 fully saturated rings. The normalized spacial score (nSPS) is 11.0. The number of benzene rings is 1. The fourth-order valence-corrected chi connectivity index (χ4v) is 2.66. The van der Waals surface area contributed by atoms with Crippen molar-refractivity contribution in [2.75, 3.05) is 0 Å². The molecule has 0 atom stereocenters. The van der Waals surface area contributed by atoms with Crippen molar-refractivity contribution >= 4 is 0 Å². The van der Waals surface area contributed by atoms with Crippen molar-refractivity contribution in [3.63, 3.8) is 0 Å². The van der Waals surface area contributed by atoms with Gasteiger partial charge in [-0.15, -0.1) is 0 Å². The third-order valence-corrected chi connectivity index (χ3v) is 4.09. The molecule has 3 rings (SSSR count). The van der Waals surface area contributed by atoms with Crippen LogP contribution in [0.25, 0.3) is 22.4 Å². The predicted molar refractivity (Wildman–Crippen MR) is 92.9 cm³/mol. The Kier molecular flexibility index (Phi) is 4.20. The molecule has 2 aromatic heterocycles. The van der Waals surface area contributed by atoms with Crippen LogP contribution in [0, 0.1) is 6.92 Å². The number of nitrogens with zero attached hydrogens (tertiary/aromatic N) is 3. The third-order valence-electron chi connectivity index (χ3n) is 4.09. The van der Waals surface area contributed by atoms with E-state index in [1.165, 1.54) is 16.8 Å². The van der Waals surface area contributed by atoms with Crippen molar-refractivity contribution in [1.82, 2.24) is 9.97 Å². The maximum absolute atomic E-state index is 4.48. The fourth-order valence-electron chi connectivity index (χ4n) is 2.66. The number of hydrogen-bond acceptors (Lipinski definition) is 2. The minimum absolute atomic E-state index is 0.347. The van der Waals surface area contributed by atoms with Gasteiger partial charge in [-0.2, -0.15) is 0 Å². The Morgan fingerprint density at radius 1 is 0.957 bits per heavy atom. The second-order valence-corrected chi connectivity index (χ2v) is 6.21. The van der Waals surface area contributed by atoms with Gasteiger partial charge in [0.1, 0.15) is 12.9 Å². The highest BCUT2D eigenvalue weighted by atomic mass is 14.9. The SMILES string of the molecule is Cc1ccccc1-c1cc(-c2cnc(C(C)C)nc2)cc[n+]1C. The van der Waals surface area contributed by atoms with Crippen LogP contribution in [0.2, 0.25) is 0 Å². The summed E-state index contributed by atoms with van der Waals surface area (Å²) >= 11 is 0. The molecular formula is C20H22N3+. The van der Waals surface area contributed by atoms with Gasteiger partial charge in [0.2, 0.25) is 5.69 Å². The summed E-state index contributed by atoms with van der Waals surface area (Å²) in [5, 5.41) is 0. The molecule has 116 valence electrons. The van der Waals surface area contributed by atoms with Crippen molar-refractivity contribution in [3.05, 3.63) is 66.4 Å². The van der Waals surface area contributed by atoms with E-state index in [-0.39, 0.29) is 0 Å². The maximum atomic E-state index is 4.48. The summed E-state index contributed by atoms with van der Waals surface area (Å²) in [5.74, 6) is 1.23. The lowest BCUT2D eigenvalue weighted by Crippen LogP contribution is -2.30. The Morgan fingerprint density at radius 2 is 1.65 bits per heavy atom. The first-order valence-electron chi connectivity index (χ1n) is 7.94. The van der Waals surface area contributed by atoms with Crippen LogP contribution >= 0.6 is 0 Å². The van der Waals surface area contributed by atoms with Gasteiger partial charge in [0, 0.05) is 41.6 Å². The molecule has 2 heterocycles. The van der Waals surface area contributed by atoms with Gasteiger partial charge in [-0.3, -0.25) is 0 Å². The van der Waals surface area contributed by atoms with E-state index >= 15 is 0 Å². The molecule has 0 saturated heterocycles. The summed E-state index contributed by atoms with van der Waals surface area (Å²) in [7, 11) is 2.07. The number of aromatic nitrogens is 3. The average Bonchev–Trinajstić information content (AvgIpc) is 2.56. The fraction of sp³-hybridized carbons (Fsp3) is 0.250. The molecular weight excluding hydrogens is 282 g/mol. The molecule has 0 N–H and O–H groups in total. The smallest absolute Gasteiger partial charge is 0.213 e. The molecule has 0 aliphatic rings. The van der Waals surface area contributed by atoms with E-state index in [0.29, 0.717) is 5.92 Å². The lowest BCUT2D eigenvalue weighted by atomic mass is 10.0. The first-order valence-corrected chi connectivity index (χ1v) is 7.94. The number of pyridine rings is 1. The van der Waals surface area contributed by atoms with Gasteiger partial charge in [-0.05, 0) is 24.1 Å². The number of rotatable bonds is 3. The Balaban J connectivity index is 2.05. The Bertz CT molecular complexity index is 821. The number of hydrogen-bond donors (Lipinski definition) is 0. The molecule has 1 aromatic carbocycles. The van der Waals surface area contributed by atoms with Crippen LogP contribution in [0.5, 0.6) is 0 Å². The van der Waals surface area contributed by atoms with Crippen molar-refractivity contribution in [2.45, 2.75) is 26.7 Å². The zero-order valence-electron chi connectivity index (χ0n) is 14.1. The summed E-state index contributed by atoms with van der Waals surface area (Å²) in [6.45, 7) is 6.35. The zero-order valence-corrected chi connectivity index (χ0v) is 14.1. The molecule has 0 amide bonds. The van der Waals surface area contributed by atoms with Gasteiger partial charge in [-0.25, -0.2) is 14.5 Å². The summed E-state index contributed by atoms with van der Waals surface area (Å²) in [4.78, 5) is 8.96. The molecule has 0 saturated carbocycles. The monoisotopic (exact) mass is 304 g/mol. The van der Waals surface area contributed by atoms with Crippen LogP contribution < -0.4 is 4.57 Å². The molecule has 3 aromatic rings. The topological polar surface area (TPSA) is 29.7 Å². The predicted octanol–water partition coefficient (Wildman–Crippen LogP) is 4.07. The minimum Gasteiger partial charge on any atom is -0.240 e. The van der Waals surface area contributed by atoms with Crippen LogP contribution in [-0.4, -0.2) is 9.97 Å². The molecule has 0 aliphatic carbocycles. The van der Waals surface area contributed by atoms with E-state index in [0.717, 1.165) is 17.0 Å².